The second-order valence-corrected chi connectivity index (χ2v) is 30.2. The molecule has 0 aliphatic rings. The van der Waals surface area contributed by atoms with E-state index < -0.39 is 0 Å². The number of hydrogen-bond acceptors (Lipinski definition) is 10. The van der Waals surface area contributed by atoms with Gasteiger partial charge in [-0.15, -0.1) is 82.3 Å². The Bertz CT molecular complexity index is 3970. The highest BCUT2D eigenvalue weighted by molar-refractivity contribution is 8.02. The summed E-state index contributed by atoms with van der Waals surface area (Å²) < 4.78 is 5.72. The van der Waals surface area contributed by atoms with Gasteiger partial charge in [0.05, 0.1) is 0 Å². The van der Waals surface area contributed by atoms with E-state index in [1.165, 1.54) is 116 Å². The molecule has 0 spiro atoms. The SMILES string of the molecule is C.C.C.C.C.C.C.C.C.C.C.C.C.C.C.C.C.C.CSc1cc(C)c(C)cc1C.CSc1ccc(C(=O)c2ccc(C)cc2)cc1.CSc1ccc(C)cc1C.CSc1ccc(C)cc1Sc1ccc(C)cc1.CSc1ccc(Cc2ccc(C)cc2)cc1.CSc1ccc(Oc2ccc(C)cc2)cc1.CSc1cccc(C)c1. The fraction of sp³-hybridized carbons (Fsp3) is 0.356. The van der Waals surface area contributed by atoms with E-state index in [9.17, 15) is 4.79 Å². The molecular weight excluding hydrogens is 1540 g/mol. The van der Waals surface area contributed by atoms with Gasteiger partial charge in [0.25, 0.3) is 0 Å². The van der Waals surface area contributed by atoms with Crippen LogP contribution >= 0.6 is 94.1 Å². The number of hydrogen-bond donors (Lipinski definition) is 0. The van der Waals surface area contributed by atoms with E-state index in [0.29, 0.717) is 0 Å². The molecule has 0 fully saturated rings. The van der Waals surface area contributed by atoms with Crippen LogP contribution in [0.2, 0.25) is 0 Å². The average molecular weight is 1710 g/mol. The maximum Gasteiger partial charge on any atom is 0.193 e. The minimum atomic E-state index is 0. The van der Waals surface area contributed by atoms with Crippen molar-refractivity contribution in [3.63, 3.8) is 0 Å². The van der Waals surface area contributed by atoms with Crippen LogP contribution in [0.25, 0.3) is 0 Å². The predicted octanol–water partition coefficient (Wildman–Crippen LogP) is 38.5. The molecule has 644 valence electrons. The number of ether oxygens (including phenoxy) is 1. The van der Waals surface area contributed by atoms with Gasteiger partial charge in [0.15, 0.2) is 5.78 Å². The highest BCUT2D eigenvalue weighted by Crippen LogP contribution is 2.36. The molecule has 11 aromatic carbocycles. The van der Waals surface area contributed by atoms with Crippen LogP contribution in [-0.4, -0.2) is 49.6 Å². The number of rotatable bonds is 15. The molecule has 0 aromatic heterocycles. The zero-order valence-electron chi connectivity index (χ0n) is 59.4. The van der Waals surface area contributed by atoms with E-state index in [4.69, 9.17) is 4.74 Å². The molecule has 0 heterocycles. The van der Waals surface area contributed by atoms with Crippen LogP contribution in [0.5, 0.6) is 11.5 Å². The van der Waals surface area contributed by atoms with Crippen LogP contribution in [0, 0.1) is 76.2 Å². The molecule has 0 amide bonds. The molecule has 10 heteroatoms. The molecule has 0 N–H and O–H groups in total. The molecule has 0 bridgehead atoms. The lowest BCUT2D eigenvalue weighted by Gasteiger charge is -2.08. The van der Waals surface area contributed by atoms with Crippen LogP contribution in [0.4, 0.5) is 0 Å². The largest absolute Gasteiger partial charge is 0.457 e. The van der Waals surface area contributed by atoms with E-state index in [0.717, 1.165) is 29.0 Å². The van der Waals surface area contributed by atoms with Crippen molar-refractivity contribution in [2.24, 2.45) is 0 Å². The molecule has 0 aliphatic carbocycles. The third-order valence-corrected chi connectivity index (χ3v) is 21.7. The lowest BCUT2D eigenvalue weighted by atomic mass is 10.0. The topological polar surface area (TPSA) is 26.3 Å². The van der Waals surface area contributed by atoms with Crippen LogP contribution in [0.1, 0.15) is 222 Å². The van der Waals surface area contributed by atoms with Crippen LogP contribution < -0.4 is 4.74 Å². The summed E-state index contributed by atoms with van der Waals surface area (Å²) in [6.07, 6.45) is 15.7. The first-order valence-electron chi connectivity index (χ1n) is 31.7. The van der Waals surface area contributed by atoms with Crippen molar-refractivity contribution >= 4 is 99.9 Å². The Labute approximate surface area is 744 Å². The Morgan fingerprint density at radius 1 is 0.237 bits per heavy atom. The lowest BCUT2D eigenvalue weighted by molar-refractivity contribution is 0.103. The van der Waals surface area contributed by atoms with E-state index in [-0.39, 0.29) is 139 Å². The van der Waals surface area contributed by atoms with Crippen molar-refractivity contribution in [2.45, 2.75) is 260 Å². The molecular formula is C104H168O2S8. The molecule has 0 atom stereocenters. The average Bonchev–Trinajstić information content (AvgIpc) is 0.851. The number of benzene rings is 11. The molecule has 0 aliphatic heterocycles. The Balaban J connectivity index is -0.0000000839. The van der Waals surface area contributed by atoms with Crippen LogP contribution in [-0.2, 0) is 6.42 Å². The smallest absolute Gasteiger partial charge is 0.193 e. The fourth-order valence-corrected chi connectivity index (χ4v) is 14.0. The summed E-state index contributed by atoms with van der Waals surface area (Å²) in [5.41, 5.74) is 18.8. The fourth-order valence-electron chi connectivity index (χ4n) is 9.21. The minimum Gasteiger partial charge on any atom is -0.457 e. The Hall–Kier alpha value is -6.31. The molecule has 0 unspecified atom stereocenters. The number of carbonyl (C=O) groups excluding carboxylic acids is 1. The molecule has 0 radical (unpaired) electrons. The molecule has 2 nitrogen and oxygen atoms in total. The number of aryl methyl sites for hydroxylation is 11. The Morgan fingerprint density at radius 3 is 0.921 bits per heavy atom. The maximum atomic E-state index is 12.2. The van der Waals surface area contributed by atoms with Crippen molar-refractivity contribution in [2.75, 3.05) is 43.8 Å². The van der Waals surface area contributed by atoms with Crippen molar-refractivity contribution < 1.29 is 9.53 Å². The third kappa shape index (κ3) is 51.7. The number of ketones is 1. The Kier molecular flexibility index (Phi) is 93.9. The second-order valence-electron chi connectivity index (χ2n) is 23.0. The van der Waals surface area contributed by atoms with Crippen LogP contribution in [0.15, 0.2) is 287 Å². The highest BCUT2D eigenvalue weighted by atomic mass is 32.2. The highest BCUT2D eigenvalue weighted by Gasteiger charge is 2.09. The van der Waals surface area contributed by atoms with Gasteiger partial charge in [0.2, 0.25) is 0 Å². The molecule has 11 rings (SSSR count). The summed E-state index contributed by atoms with van der Waals surface area (Å²) in [5.74, 6) is 1.84. The van der Waals surface area contributed by atoms with E-state index in [1.54, 1.807) is 70.6 Å². The predicted molar refractivity (Wildman–Crippen MR) is 557 cm³/mol. The van der Waals surface area contributed by atoms with E-state index in [2.05, 4.69) is 264 Å². The van der Waals surface area contributed by atoms with E-state index in [1.807, 2.05) is 122 Å². The first-order chi connectivity index (χ1) is 46.1. The van der Waals surface area contributed by atoms with Crippen LogP contribution in [0.3, 0.4) is 0 Å². The monoisotopic (exact) mass is 1710 g/mol. The zero-order chi connectivity index (χ0) is 69.9. The number of thioether (sulfide) groups is 7. The lowest BCUT2D eigenvalue weighted by Crippen LogP contribution is -2.00. The summed E-state index contributed by atoms with van der Waals surface area (Å²) in [6, 6.07) is 84.0. The molecule has 114 heavy (non-hydrogen) atoms. The van der Waals surface area contributed by atoms with Gasteiger partial charge < -0.3 is 4.74 Å². The maximum absolute atomic E-state index is 12.2. The number of carbonyl (C=O) groups is 1. The van der Waals surface area contributed by atoms with Gasteiger partial charge in [-0.3, -0.25) is 4.79 Å². The standard InChI is InChI=1S/C15H14OS.C15H16S2.C15H16S.C14H14OS.C10H14S.C9H12S.C8H10S.18CH4/c1-11-3-5-12(6-4-11)15(16)13-7-9-14(17-2)10-8-13;1-11-4-7-13(8-5-11)17-15-10-12(2)6-9-14(15)16-3;1-12-3-5-13(6-4-12)11-14-7-9-15(16-2)10-8-14;1-11-3-5-12(6-4-11)15-13-7-9-14(16-2)10-8-13;1-7-5-9(3)10(11-4)6-8(7)2;1-7-4-5-9(10-3)8(2)6-7;1-7-4-3-5-8(6-7)9-2;;;;;;;;;;;;;;;;;;/h3-10H,1-2H3;4-10H,1-3H3;3-10H,11H2,1-2H3;3-10H,1-2H3;5-6H,1-4H3;4-6H,1-3H3;3-6H,1-2H3;18*1H4. The van der Waals surface area contributed by atoms with Crippen molar-refractivity contribution in [3.05, 3.63) is 326 Å². The van der Waals surface area contributed by atoms with E-state index >= 15 is 0 Å². The first kappa shape index (κ1) is 140. The minimum absolute atomic E-state index is 0. The molecule has 0 saturated carbocycles. The van der Waals surface area contributed by atoms with Crippen molar-refractivity contribution in [1.29, 1.82) is 0 Å². The normalized spacial score (nSPS) is 8.58. The summed E-state index contributed by atoms with van der Waals surface area (Å²) in [5, 5.41) is 0. The van der Waals surface area contributed by atoms with Crippen molar-refractivity contribution in [1.82, 2.24) is 0 Å². The van der Waals surface area contributed by atoms with Gasteiger partial charge in [-0.2, -0.15) is 0 Å². The Morgan fingerprint density at radius 2 is 0.535 bits per heavy atom. The van der Waals surface area contributed by atoms with Gasteiger partial charge in [0.1, 0.15) is 11.5 Å². The molecule has 0 saturated heterocycles. The second kappa shape index (κ2) is 76.7. The zero-order valence-corrected chi connectivity index (χ0v) is 65.9. The van der Waals surface area contributed by atoms with Gasteiger partial charge in [-0.1, -0.05) is 300 Å². The van der Waals surface area contributed by atoms with Gasteiger partial charge in [-0.05, 0) is 287 Å². The molecule has 11 aromatic rings. The van der Waals surface area contributed by atoms with Gasteiger partial charge in [-0.25, -0.2) is 0 Å². The van der Waals surface area contributed by atoms with Gasteiger partial charge in [0, 0.05) is 55.2 Å². The third-order valence-electron chi connectivity index (χ3n) is 15.0. The van der Waals surface area contributed by atoms with Crippen molar-refractivity contribution in [3.8, 4) is 11.5 Å². The summed E-state index contributed by atoms with van der Waals surface area (Å²) >= 11 is 14.2. The first-order valence-corrected chi connectivity index (χ1v) is 41.1. The summed E-state index contributed by atoms with van der Waals surface area (Å²) in [6.45, 7) is 23.3. The quantitative estimate of drug-likeness (QED) is 0.0730. The van der Waals surface area contributed by atoms with Gasteiger partial charge >= 0.3 is 0 Å². The summed E-state index contributed by atoms with van der Waals surface area (Å²) in [7, 11) is 0. The summed E-state index contributed by atoms with van der Waals surface area (Å²) in [4.78, 5) is 24.0.